The maximum atomic E-state index is 12.7. The summed E-state index contributed by atoms with van der Waals surface area (Å²) in [7, 11) is 0. The van der Waals surface area contributed by atoms with Crippen LogP contribution in [-0.4, -0.2) is 53.2 Å². The molecule has 1 aliphatic rings. The van der Waals surface area contributed by atoms with Crippen molar-refractivity contribution >= 4 is 58.8 Å². The van der Waals surface area contributed by atoms with Gasteiger partial charge in [-0.05, 0) is 42.4 Å². The fourth-order valence-corrected chi connectivity index (χ4v) is 4.97. The number of carboxylic acids is 1. The van der Waals surface area contributed by atoms with Crippen molar-refractivity contribution in [2.45, 2.75) is 30.2 Å². The Kier molecular flexibility index (Phi) is 9.45. The molecule has 0 aromatic heterocycles. The summed E-state index contributed by atoms with van der Waals surface area (Å²) in [6.45, 7) is 0.829. The number of carbonyl (C=O) groups excluding carboxylic acids is 2. The van der Waals surface area contributed by atoms with Gasteiger partial charge in [-0.25, -0.2) is 4.79 Å². The summed E-state index contributed by atoms with van der Waals surface area (Å²) in [5, 5.41) is 13.0. The third-order valence-corrected chi connectivity index (χ3v) is 7.57. The Morgan fingerprint density at radius 2 is 1.79 bits per heavy atom. The van der Waals surface area contributed by atoms with Gasteiger partial charge in [-0.15, -0.1) is 11.8 Å². The highest BCUT2D eigenvalue weighted by Crippen LogP contribution is 2.35. The Bertz CT molecular complexity index is 1070. The number of hydrogen-bond acceptors (Lipinski definition) is 4. The largest absolute Gasteiger partial charge is 0.480 e. The number of carboxylic acid groups (broad SMARTS) is 1. The van der Waals surface area contributed by atoms with Crippen LogP contribution in [0.2, 0.25) is 10.0 Å². The maximum absolute atomic E-state index is 12.7. The molecule has 1 atom stereocenters. The van der Waals surface area contributed by atoms with Crippen LogP contribution in [-0.2, 0) is 20.8 Å². The van der Waals surface area contributed by atoms with Gasteiger partial charge in [-0.3, -0.25) is 9.59 Å². The van der Waals surface area contributed by atoms with Gasteiger partial charge in [0.05, 0.1) is 10.0 Å². The zero-order chi connectivity index (χ0) is 24.7. The summed E-state index contributed by atoms with van der Waals surface area (Å²) >= 11 is 14.1. The number of benzene rings is 2. The Labute approximate surface area is 213 Å². The molecule has 0 radical (unpaired) electrons. The van der Waals surface area contributed by atoms with E-state index in [1.54, 1.807) is 11.0 Å². The van der Waals surface area contributed by atoms with Crippen molar-refractivity contribution in [3.05, 3.63) is 69.7 Å². The van der Waals surface area contributed by atoms with Gasteiger partial charge in [0.1, 0.15) is 6.04 Å². The number of halogens is 2. The van der Waals surface area contributed by atoms with Crippen molar-refractivity contribution in [3.63, 3.8) is 0 Å². The number of likely N-dealkylation sites (tertiary alicyclic amines) is 1. The summed E-state index contributed by atoms with van der Waals surface area (Å²) in [5.74, 6) is -1.87. The molecule has 180 valence electrons. The van der Waals surface area contributed by atoms with E-state index in [-0.39, 0.29) is 24.2 Å². The van der Waals surface area contributed by atoms with E-state index in [0.717, 1.165) is 10.5 Å². The lowest BCUT2D eigenvalue weighted by Gasteiger charge is -2.31. The van der Waals surface area contributed by atoms with Crippen molar-refractivity contribution in [1.82, 2.24) is 10.2 Å². The first-order valence-electron chi connectivity index (χ1n) is 10.9. The van der Waals surface area contributed by atoms with Crippen LogP contribution in [0.1, 0.15) is 24.0 Å². The fourth-order valence-electron chi connectivity index (χ4n) is 3.80. The van der Waals surface area contributed by atoms with E-state index < -0.39 is 12.0 Å². The predicted molar refractivity (Wildman–Crippen MR) is 136 cm³/mol. The Morgan fingerprint density at radius 1 is 1.12 bits per heavy atom. The minimum absolute atomic E-state index is 0.174. The molecule has 9 heteroatoms. The molecular weight excluding hydrogens is 495 g/mol. The predicted octanol–water partition coefficient (Wildman–Crippen LogP) is 4.78. The molecule has 0 aliphatic carbocycles. The smallest absolute Gasteiger partial charge is 0.326 e. The molecule has 1 heterocycles. The van der Waals surface area contributed by atoms with Crippen LogP contribution in [0.4, 0.5) is 0 Å². The van der Waals surface area contributed by atoms with Gasteiger partial charge >= 0.3 is 5.97 Å². The van der Waals surface area contributed by atoms with Crippen LogP contribution in [0.3, 0.4) is 0 Å². The number of nitrogens with one attached hydrogen (secondary N) is 1. The van der Waals surface area contributed by atoms with Crippen molar-refractivity contribution in [2.75, 3.05) is 19.3 Å². The molecule has 1 aliphatic heterocycles. The van der Waals surface area contributed by atoms with Crippen molar-refractivity contribution in [1.29, 1.82) is 0 Å². The Hall–Kier alpha value is -2.48. The van der Waals surface area contributed by atoms with Gasteiger partial charge in [-0.2, -0.15) is 0 Å². The van der Waals surface area contributed by atoms with Gasteiger partial charge in [0.2, 0.25) is 11.8 Å². The van der Waals surface area contributed by atoms with Crippen LogP contribution >= 0.6 is 35.0 Å². The topological polar surface area (TPSA) is 86.7 Å². The van der Waals surface area contributed by atoms with E-state index in [2.05, 4.69) is 5.32 Å². The number of carbonyl (C=O) groups is 3. The number of amides is 2. The molecule has 2 aromatic rings. The summed E-state index contributed by atoms with van der Waals surface area (Å²) in [6, 6.07) is 11.9. The summed E-state index contributed by atoms with van der Waals surface area (Å²) < 4.78 is 0. The first-order chi connectivity index (χ1) is 16.3. The molecule has 1 saturated heterocycles. The summed E-state index contributed by atoms with van der Waals surface area (Å²) in [4.78, 5) is 39.5. The molecule has 34 heavy (non-hydrogen) atoms. The average molecular weight is 521 g/mol. The zero-order valence-electron chi connectivity index (χ0n) is 18.7. The molecule has 0 unspecified atom stereocenters. The van der Waals surface area contributed by atoms with Crippen molar-refractivity contribution in [2.24, 2.45) is 5.92 Å². The van der Waals surface area contributed by atoms with Gasteiger partial charge in [0.15, 0.2) is 0 Å². The van der Waals surface area contributed by atoms with E-state index in [4.69, 9.17) is 23.2 Å². The second kappa shape index (κ2) is 12.3. The lowest BCUT2D eigenvalue weighted by Crippen LogP contribution is -2.48. The Morgan fingerprint density at radius 3 is 2.41 bits per heavy atom. The van der Waals surface area contributed by atoms with Crippen LogP contribution in [0.15, 0.2) is 53.4 Å². The first-order valence-corrected chi connectivity index (χ1v) is 12.8. The SMILES string of the molecule is CSc1ccc(/C=C/C(=O)N2CCC(C(=O)N[C@@H](Cc3ccccc3)C(=O)O)CC2)c(Cl)c1Cl. The Balaban J connectivity index is 1.53. The maximum Gasteiger partial charge on any atom is 0.326 e. The van der Waals surface area contributed by atoms with Gasteiger partial charge < -0.3 is 15.3 Å². The number of thioether (sulfide) groups is 1. The molecule has 0 saturated carbocycles. The first kappa shape index (κ1) is 26.1. The van der Waals surface area contributed by atoms with Crippen molar-refractivity contribution < 1.29 is 19.5 Å². The minimum Gasteiger partial charge on any atom is -0.480 e. The standard InChI is InChI=1S/C25H26Cl2N2O4S/c1-34-20-9-7-17(22(26)23(20)27)8-10-21(30)29-13-11-18(12-14-29)24(31)28-19(25(32)33)15-16-5-3-2-4-6-16/h2-10,18-19H,11-15H2,1H3,(H,28,31)(H,32,33)/b10-8+/t19-/m0/s1. The van der Waals surface area contributed by atoms with Crippen LogP contribution in [0.25, 0.3) is 6.08 Å². The highest BCUT2D eigenvalue weighted by Gasteiger charge is 2.29. The number of piperidine rings is 1. The second-order valence-corrected chi connectivity index (χ2v) is 9.61. The summed E-state index contributed by atoms with van der Waals surface area (Å²) in [6.07, 6.45) is 6.16. The third-order valence-electron chi connectivity index (χ3n) is 5.78. The van der Waals surface area contributed by atoms with Gasteiger partial charge in [-0.1, -0.05) is 59.6 Å². The average Bonchev–Trinajstić information content (AvgIpc) is 2.85. The zero-order valence-corrected chi connectivity index (χ0v) is 21.0. The molecule has 3 rings (SSSR count). The van der Waals surface area contributed by atoms with E-state index in [1.807, 2.05) is 48.7 Å². The molecule has 0 spiro atoms. The van der Waals surface area contributed by atoms with Crippen LogP contribution in [0, 0.1) is 5.92 Å². The quantitative estimate of drug-likeness (QED) is 0.386. The second-order valence-electron chi connectivity index (χ2n) is 8.01. The van der Waals surface area contributed by atoms with E-state index >= 15 is 0 Å². The normalized spacial score (nSPS) is 15.3. The molecule has 2 N–H and O–H groups in total. The number of nitrogens with zero attached hydrogens (tertiary/aromatic N) is 1. The third kappa shape index (κ3) is 6.78. The lowest BCUT2D eigenvalue weighted by molar-refractivity contribution is -0.142. The van der Waals surface area contributed by atoms with E-state index in [9.17, 15) is 19.5 Å². The molecule has 0 bridgehead atoms. The van der Waals surface area contributed by atoms with Crippen LogP contribution in [0.5, 0.6) is 0 Å². The van der Waals surface area contributed by atoms with Gasteiger partial charge in [0.25, 0.3) is 0 Å². The number of aliphatic carboxylic acids is 1. The highest BCUT2D eigenvalue weighted by molar-refractivity contribution is 7.98. The molecule has 2 amide bonds. The summed E-state index contributed by atoms with van der Waals surface area (Å²) in [5.41, 5.74) is 1.50. The molecule has 6 nitrogen and oxygen atoms in total. The van der Waals surface area contributed by atoms with Gasteiger partial charge in [0, 0.05) is 36.4 Å². The highest BCUT2D eigenvalue weighted by atomic mass is 35.5. The molecule has 2 aromatic carbocycles. The molecule has 1 fully saturated rings. The molecular formula is C25H26Cl2N2O4S. The van der Waals surface area contributed by atoms with Crippen LogP contribution < -0.4 is 5.32 Å². The monoisotopic (exact) mass is 520 g/mol. The minimum atomic E-state index is -1.07. The number of hydrogen-bond donors (Lipinski definition) is 2. The lowest BCUT2D eigenvalue weighted by atomic mass is 9.95. The van der Waals surface area contributed by atoms with E-state index in [0.29, 0.717) is 41.5 Å². The van der Waals surface area contributed by atoms with E-state index in [1.165, 1.54) is 17.8 Å². The van der Waals surface area contributed by atoms with Crippen molar-refractivity contribution in [3.8, 4) is 0 Å². The fraction of sp³-hybridized carbons (Fsp3) is 0.320. The number of rotatable bonds is 8.